The minimum atomic E-state index is -2.45. The van der Waals surface area contributed by atoms with E-state index in [1.54, 1.807) is 38.7 Å². The van der Waals surface area contributed by atoms with Crippen molar-refractivity contribution in [2.24, 2.45) is 15.0 Å². The van der Waals surface area contributed by atoms with Crippen molar-refractivity contribution in [3.63, 3.8) is 0 Å². The summed E-state index contributed by atoms with van der Waals surface area (Å²) in [6.07, 6.45) is 8.67. The summed E-state index contributed by atoms with van der Waals surface area (Å²) in [4.78, 5) is 12.6. The highest BCUT2D eigenvalue weighted by atomic mass is 35.5. The second kappa shape index (κ2) is 8.68. The van der Waals surface area contributed by atoms with Crippen LogP contribution in [0.15, 0.2) is 80.1 Å². The van der Waals surface area contributed by atoms with E-state index in [1.807, 2.05) is 30.3 Å². The SMILES string of the molecule is C=NC1=CC(=[O+]C)C(=NC2=NC=C(Cl)C(=Cc3ccccc3P(C)(C)=O)N2)C=C1. The summed E-state index contributed by atoms with van der Waals surface area (Å²) in [5.41, 5.74) is 2.71. The second-order valence-electron chi connectivity index (χ2n) is 6.65. The fourth-order valence-corrected chi connectivity index (χ4v) is 4.14. The molecular weight excluding hydrogens is 407 g/mol. The number of guanidine groups is 1. The zero-order valence-corrected chi connectivity index (χ0v) is 18.0. The molecule has 148 valence electrons. The van der Waals surface area contributed by atoms with Gasteiger partial charge in [-0.15, -0.1) is 0 Å². The van der Waals surface area contributed by atoms with Crippen LogP contribution < -0.4 is 10.6 Å². The van der Waals surface area contributed by atoms with Gasteiger partial charge in [-0.25, -0.2) is 9.98 Å². The zero-order valence-electron chi connectivity index (χ0n) is 16.4. The van der Waals surface area contributed by atoms with Crippen molar-refractivity contribution < 1.29 is 8.99 Å². The molecule has 1 aromatic rings. The fraction of sp³-hybridized carbons (Fsp3) is 0.143. The third kappa shape index (κ3) is 4.97. The largest absolute Gasteiger partial charge is 0.370 e. The molecule has 0 atom stereocenters. The number of hydrogen-bond acceptors (Lipinski definition) is 5. The highest BCUT2D eigenvalue weighted by Gasteiger charge is 2.22. The molecule has 0 radical (unpaired) electrons. The van der Waals surface area contributed by atoms with E-state index in [0.29, 0.717) is 33.9 Å². The van der Waals surface area contributed by atoms with Crippen LogP contribution in [0.1, 0.15) is 5.56 Å². The number of hydrogen-bond donors (Lipinski definition) is 1. The predicted molar refractivity (Wildman–Crippen MR) is 123 cm³/mol. The van der Waals surface area contributed by atoms with Crippen molar-refractivity contribution in [1.29, 1.82) is 0 Å². The quantitative estimate of drug-likeness (QED) is 0.346. The summed E-state index contributed by atoms with van der Waals surface area (Å²) >= 11 is 6.33. The Hall–Kier alpha value is -2.82. The van der Waals surface area contributed by atoms with Gasteiger partial charge < -0.3 is 9.88 Å². The summed E-state index contributed by atoms with van der Waals surface area (Å²) in [6.45, 7) is 7.00. The van der Waals surface area contributed by atoms with Gasteiger partial charge >= 0.3 is 5.78 Å². The number of carbonyl (C=O) groups excluding carboxylic acids is 1. The standard InChI is InChI=1S/C21H21ClN4O2P/c1-23-15-9-10-17(19(12-15)28-2)25-21-24-13-16(22)18(26-21)11-14-7-5-6-8-20(14)29(3,4)27/h5-13H,1H2,2-4H3,(H,24,26)/q+1. The number of benzene rings is 1. The number of aliphatic imine (C=N–C) groups is 3. The average Bonchev–Trinajstić information content (AvgIpc) is 2.70. The number of ketones is 1. The summed E-state index contributed by atoms with van der Waals surface area (Å²) in [5.74, 6) is 0.903. The van der Waals surface area contributed by atoms with Crippen LogP contribution in [0.25, 0.3) is 6.08 Å². The molecule has 0 aromatic heterocycles. The third-order valence-corrected chi connectivity index (χ3v) is 6.06. The molecule has 0 fully saturated rings. The Morgan fingerprint density at radius 1 is 1.28 bits per heavy atom. The van der Waals surface area contributed by atoms with E-state index >= 15 is 0 Å². The van der Waals surface area contributed by atoms with Gasteiger partial charge in [0.05, 0.1) is 28.7 Å². The van der Waals surface area contributed by atoms with Crippen molar-refractivity contribution in [3.8, 4) is 0 Å². The molecule has 0 amide bonds. The molecule has 1 aromatic carbocycles. The second-order valence-corrected chi connectivity index (χ2v) is 10.2. The molecule has 1 aliphatic heterocycles. The lowest BCUT2D eigenvalue weighted by molar-refractivity contribution is -0.416. The van der Waals surface area contributed by atoms with Gasteiger partial charge in [0.15, 0.2) is 5.71 Å². The van der Waals surface area contributed by atoms with Crippen molar-refractivity contribution >= 4 is 54.3 Å². The predicted octanol–water partition coefficient (Wildman–Crippen LogP) is 3.64. The van der Waals surface area contributed by atoms with Crippen LogP contribution in [-0.2, 0) is 8.99 Å². The van der Waals surface area contributed by atoms with Gasteiger partial charge in [-0.2, -0.15) is 0 Å². The maximum absolute atomic E-state index is 12.6. The van der Waals surface area contributed by atoms with Gasteiger partial charge in [-0.05, 0) is 43.8 Å². The summed E-state index contributed by atoms with van der Waals surface area (Å²) < 4.78 is 18.0. The van der Waals surface area contributed by atoms with Crippen LogP contribution in [0.3, 0.4) is 0 Å². The Kier molecular flexibility index (Phi) is 6.26. The topological polar surface area (TPSA) is 77.5 Å². The van der Waals surface area contributed by atoms with Crippen molar-refractivity contribution in [2.75, 3.05) is 20.4 Å². The summed E-state index contributed by atoms with van der Waals surface area (Å²) in [5, 5.41) is 4.34. The molecule has 29 heavy (non-hydrogen) atoms. The Bertz CT molecular complexity index is 1120. The monoisotopic (exact) mass is 427 g/mol. The Morgan fingerprint density at radius 2 is 2.03 bits per heavy atom. The molecule has 0 spiro atoms. The van der Waals surface area contributed by atoms with Crippen LogP contribution in [0.5, 0.6) is 0 Å². The molecule has 0 unspecified atom stereocenters. The highest BCUT2D eigenvalue weighted by Crippen LogP contribution is 2.36. The molecule has 1 aliphatic carbocycles. The zero-order chi connectivity index (χ0) is 21.0. The smallest absolute Gasteiger partial charge is 0.323 e. The molecule has 2 aliphatic rings. The first-order valence-electron chi connectivity index (χ1n) is 8.75. The van der Waals surface area contributed by atoms with Crippen molar-refractivity contribution in [3.05, 3.63) is 70.7 Å². The van der Waals surface area contributed by atoms with Gasteiger partial charge in [0.25, 0.3) is 7.11 Å². The normalized spacial score (nSPS) is 21.0. The first kappa shape index (κ1) is 20.9. The van der Waals surface area contributed by atoms with E-state index in [2.05, 4.69) is 27.0 Å². The lowest BCUT2D eigenvalue weighted by Crippen LogP contribution is -2.27. The molecule has 8 heteroatoms. The number of rotatable bonds is 3. The van der Waals surface area contributed by atoms with Crippen molar-refractivity contribution in [1.82, 2.24) is 5.32 Å². The third-order valence-electron chi connectivity index (χ3n) is 4.19. The Labute approximate surface area is 174 Å². The average molecular weight is 428 g/mol. The van der Waals surface area contributed by atoms with Crippen LogP contribution in [0.2, 0.25) is 0 Å². The number of allylic oxidation sites excluding steroid dienone is 4. The Morgan fingerprint density at radius 3 is 2.72 bits per heavy atom. The minimum Gasteiger partial charge on any atom is -0.323 e. The van der Waals surface area contributed by atoms with E-state index < -0.39 is 7.14 Å². The summed E-state index contributed by atoms with van der Waals surface area (Å²) in [7, 11) is -0.891. The molecule has 1 heterocycles. The number of halogens is 1. The maximum atomic E-state index is 12.6. The van der Waals surface area contributed by atoms with E-state index in [4.69, 9.17) is 16.0 Å². The minimum absolute atomic E-state index is 0.354. The fourth-order valence-electron chi connectivity index (χ4n) is 2.79. The van der Waals surface area contributed by atoms with Gasteiger partial charge in [0, 0.05) is 5.30 Å². The van der Waals surface area contributed by atoms with Gasteiger partial charge in [0.2, 0.25) is 5.96 Å². The maximum Gasteiger partial charge on any atom is 0.370 e. The molecule has 1 N–H and O–H groups in total. The molecule has 6 nitrogen and oxygen atoms in total. The molecule has 0 bridgehead atoms. The van der Waals surface area contributed by atoms with E-state index in [9.17, 15) is 4.57 Å². The lowest BCUT2D eigenvalue weighted by Gasteiger charge is -2.16. The molecular formula is C21H21ClN4O2P+. The molecule has 3 rings (SSSR count). The first-order valence-corrected chi connectivity index (χ1v) is 11.7. The van der Waals surface area contributed by atoms with Gasteiger partial charge in [-0.3, -0.25) is 9.42 Å². The van der Waals surface area contributed by atoms with Crippen LogP contribution in [0, 0.1) is 0 Å². The van der Waals surface area contributed by atoms with Gasteiger partial charge in [-0.1, -0.05) is 35.9 Å². The number of nitrogens with zero attached hydrogens (tertiary/aromatic N) is 3. The molecule has 0 saturated heterocycles. The highest BCUT2D eigenvalue weighted by molar-refractivity contribution is 7.70. The number of nitrogens with one attached hydrogen (secondary N) is 1. The molecule has 0 saturated carbocycles. The van der Waals surface area contributed by atoms with E-state index in [0.717, 1.165) is 10.9 Å². The van der Waals surface area contributed by atoms with E-state index in [-0.39, 0.29) is 0 Å². The van der Waals surface area contributed by atoms with Crippen LogP contribution in [0.4, 0.5) is 0 Å². The van der Waals surface area contributed by atoms with Crippen molar-refractivity contribution in [2.45, 2.75) is 0 Å². The van der Waals surface area contributed by atoms with Crippen LogP contribution in [-0.4, -0.2) is 44.6 Å². The summed E-state index contributed by atoms with van der Waals surface area (Å²) in [6, 6.07) is 7.54. The van der Waals surface area contributed by atoms with Crippen LogP contribution >= 0.6 is 18.7 Å². The van der Waals surface area contributed by atoms with E-state index in [1.165, 1.54) is 6.20 Å². The first-order chi connectivity index (χ1) is 13.8. The lowest BCUT2D eigenvalue weighted by atomic mass is 10.1. The Balaban J connectivity index is 1.94. The van der Waals surface area contributed by atoms with Gasteiger partial charge in [0.1, 0.15) is 7.14 Å².